The molecular weight excluding hydrogens is 188 g/mol. The summed E-state index contributed by atoms with van der Waals surface area (Å²) in [6.07, 6.45) is -0.171. The number of amides is 1. The lowest BCUT2D eigenvalue weighted by atomic mass is 10.2. The first-order valence-electron chi connectivity index (χ1n) is 3.82. The Hall–Kier alpha value is -1.89. The van der Waals surface area contributed by atoms with Crippen LogP contribution in [0, 0.1) is 23.5 Å². The second-order valence-electron chi connectivity index (χ2n) is 2.57. The highest BCUT2D eigenvalue weighted by Crippen LogP contribution is 2.07. The van der Waals surface area contributed by atoms with Crippen molar-refractivity contribution < 1.29 is 13.6 Å². The fraction of sp³-hybridized carbons (Fsp3) is 0.100. The maximum atomic E-state index is 12.9. The van der Waals surface area contributed by atoms with Crippen LogP contribution in [0.2, 0.25) is 0 Å². The number of benzene rings is 1. The van der Waals surface area contributed by atoms with Gasteiger partial charge in [-0.15, -0.1) is 0 Å². The van der Waals surface area contributed by atoms with Gasteiger partial charge in [-0.25, -0.2) is 8.78 Å². The van der Waals surface area contributed by atoms with Gasteiger partial charge >= 0.3 is 0 Å². The van der Waals surface area contributed by atoms with Gasteiger partial charge in [0.1, 0.15) is 11.6 Å². The summed E-state index contributed by atoms with van der Waals surface area (Å²) < 4.78 is 25.5. The average Bonchev–Trinajstić information content (AvgIpc) is 2.10. The molecule has 2 N–H and O–H groups in total. The molecule has 0 fully saturated rings. The van der Waals surface area contributed by atoms with Crippen molar-refractivity contribution in [3.05, 3.63) is 35.4 Å². The molecule has 72 valence electrons. The lowest BCUT2D eigenvalue weighted by Crippen LogP contribution is -2.08. The van der Waals surface area contributed by atoms with Crippen LogP contribution in [0.5, 0.6) is 0 Å². The largest absolute Gasteiger partial charge is 0.369 e. The Morgan fingerprint density at radius 2 is 2.14 bits per heavy atom. The molecule has 1 aromatic rings. The SMILES string of the molecule is NC(=O)CC#Cc1cc(F)ccc1F. The topological polar surface area (TPSA) is 43.1 Å². The summed E-state index contributed by atoms with van der Waals surface area (Å²) in [5.74, 6) is 2.86. The van der Waals surface area contributed by atoms with Crippen LogP contribution in [0.3, 0.4) is 0 Å². The Labute approximate surface area is 79.7 Å². The number of hydrogen-bond acceptors (Lipinski definition) is 1. The second-order valence-corrected chi connectivity index (χ2v) is 2.57. The van der Waals surface area contributed by atoms with Crippen LogP contribution in [0.4, 0.5) is 8.78 Å². The summed E-state index contributed by atoms with van der Waals surface area (Å²) in [5.41, 5.74) is 4.74. The molecule has 0 aliphatic heterocycles. The third-order valence-corrected chi connectivity index (χ3v) is 1.41. The van der Waals surface area contributed by atoms with E-state index in [2.05, 4.69) is 11.8 Å². The van der Waals surface area contributed by atoms with Crippen LogP contribution in [0.1, 0.15) is 12.0 Å². The van der Waals surface area contributed by atoms with Gasteiger partial charge < -0.3 is 5.73 Å². The zero-order valence-corrected chi connectivity index (χ0v) is 7.18. The van der Waals surface area contributed by atoms with E-state index in [1.165, 1.54) is 0 Å². The predicted molar refractivity (Wildman–Crippen MR) is 47.0 cm³/mol. The molecule has 4 heteroatoms. The number of rotatable bonds is 1. The molecule has 0 aliphatic rings. The summed E-state index contributed by atoms with van der Waals surface area (Å²) >= 11 is 0. The molecule has 0 aliphatic carbocycles. The molecule has 0 heterocycles. The molecule has 0 atom stereocenters. The molecule has 1 amide bonds. The summed E-state index contributed by atoms with van der Waals surface area (Å²) in [7, 11) is 0. The number of nitrogens with two attached hydrogens (primary N) is 1. The zero-order chi connectivity index (χ0) is 10.6. The highest BCUT2D eigenvalue weighted by Gasteiger charge is 1.99. The average molecular weight is 195 g/mol. The zero-order valence-electron chi connectivity index (χ0n) is 7.18. The molecule has 1 aromatic carbocycles. The first-order valence-corrected chi connectivity index (χ1v) is 3.82. The van der Waals surface area contributed by atoms with E-state index in [1.54, 1.807) is 0 Å². The van der Waals surface area contributed by atoms with Crippen molar-refractivity contribution >= 4 is 5.91 Å². The fourth-order valence-electron chi connectivity index (χ4n) is 0.820. The summed E-state index contributed by atoms with van der Waals surface area (Å²) in [5, 5.41) is 0. The number of hydrogen-bond donors (Lipinski definition) is 1. The standard InChI is InChI=1S/C10H7F2NO/c11-8-4-5-9(12)7(6-8)2-1-3-10(13)14/h4-6H,3H2,(H2,13,14). The van der Waals surface area contributed by atoms with E-state index in [4.69, 9.17) is 5.73 Å². The van der Waals surface area contributed by atoms with Crippen molar-refractivity contribution in [2.24, 2.45) is 5.73 Å². The van der Waals surface area contributed by atoms with Gasteiger partial charge in [-0.3, -0.25) is 4.79 Å². The lowest BCUT2D eigenvalue weighted by Gasteiger charge is -1.93. The number of halogens is 2. The van der Waals surface area contributed by atoms with Gasteiger partial charge in [0.25, 0.3) is 0 Å². The molecule has 0 aromatic heterocycles. The Morgan fingerprint density at radius 1 is 1.43 bits per heavy atom. The highest BCUT2D eigenvalue weighted by molar-refractivity contribution is 5.76. The first-order chi connectivity index (χ1) is 6.59. The van der Waals surface area contributed by atoms with Crippen molar-refractivity contribution in [1.29, 1.82) is 0 Å². The minimum atomic E-state index is -0.622. The third-order valence-electron chi connectivity index (χ3n) is 1.41. The van der Waals surface area contributed by atoms with Gasteiger partial charge in [0.2, 0.25) is 5.91 Å². The molecular formula is C10H7F2NO. The van der Waals surface area contributed by atoms with Crippen LogP contribution in [0.15, 0.2) is 18.2 Å². The minimum absolute atomic E-state index is 0.0775. The van der Waals surface area contributed by atoms with Gasteiger partial charge in [-0.2, -0.15) is 0 Å². The second kappa shape index (κ2) is 4.38. The maximum absolute atomic E-state index is 12.9. The van der Waals surface area contributed by atoms with E-state index in [-0.39, 0.29) is 12.0 Å². The van der Waals surface area contributed by atoms with Crippen LogP contribution in [-0.2, 0) is 4.79 Å². The fourth-order valence-corrected chi connectivity index (χ4v) is 0.820. The Morgan fingerprint density at radius 3 is 2.79 bits per heavy atom. The minimum Gasteiger partial charge on any atom is -0.369 e. The quantitative estimate of drug-likeness (QED) is 0.672. The number of carbonyl (C=O) groups excluding carboxylic acids is 1. The van der Waals surface area contributed by atoms with Gasteiger partial charge in [-0.1, -0.05) is 11.8 Å². The van der Waals surface area contributed by atoms with Crippen LogP contribution in [0.25, 0.3) is 0 Å². The molecule has 2 nitrogen and oxygen atoms in total. The van der Waals surface area contributed by atoms with Gasteiger partial charge in [0.05, 0.1) is 12.0 Å². The van der Waals surface area contributed by atoms with Crippen LogP contribution in [-0.4, -0.2) is 5.91 Å². The van der Waals surface area contributed by atoms with Gasteiger partial charge in [0, 0.05) is 0 Å². The Kier molecular flexibility index (Phi) is 3.19. The Bertz CT molecular complexity index is 418. The summed E-state index contributed by atoms with van der Waals surface area (Å²) in [6.45, 7) is 0. The maximum Gasteiger partial charge on any atom is 0.229 e. The van der Waals surface area contributed by atoms with Crippen molar-refractivity contribution in [2.45, 2.75) is 6.42 Å². The predicted octanol–water partition coefficient (Wildman–Crippen LogP) is 1.19. The molecule has 14 heavy (non-hydrogen) atoms. The molecule has 0 saturated heterocycles. The summed E-state index contributed by atoms with van der Waals surface area (Å²) in [4.78, 5) is 10.3. The van der Waals surface area contributed by atoms with Crippen LogP contribution >= 0.6 is 0 Å². The molecule has 0 unspecified atom stereocenters. The van der Waals surface area contributed by atoms with Crippen molar-refractivity contribution in [3.8, 4) is 11.8 Å². The third kappa shape index (κ3) is 2.87. The number of carbonyl (C=O) groups is 1. The van der Waals surface area contributed by atoms with E-state index >= 15 is 0 Å². The molecule has 1 rings (SSSR count). The normalized spacial score (nSPS) is 9.00. The number of primary amides is 1. The van der Waals surface area contributed by atoms with Gasteiger partial charge in [0.15, 0.2) is 0 Å². The monoisotopic (exact) mass is 195 g/mol. The molecule has 0 spiro atoms. The molecule has 0 saturated carbocycles. The highest BCUT2D eigenvalue weighted by atomic mass is 19.1. The first kappa shape index (κ1) is 10.2. The summed E-state index contributed by atoms with van der Waals surface area (Å²) in [6, 6.07) is 2.93. The van der Waals surface area contributed by atoms with E-state index in [9.17, 15) is 13.6 Å². The molecule has 0 bridgehead atoms. The van der Waals surface area contributed by atoms with E-state index in [1.807, 2.05) is 0 Å². The van der Waals surface area contributed by atoms with E-state index in [0.717, 1.165) is 18.2 Å². The molecule has 0 radical (unpaired) electrons. The smallest absolute Gasteiger partial charge is 0.229 e. The van der Waals surface area contributed by atoms with Crippen LogP contribution < -0.4 is 5.73 Å². The lowest BCUT2D eigenvalue weighted by molar-refractivity contribution is -0.117. The van der Waals surface area contributed by atoms with E-state index < -0.39 is 17.5 Å². The van der Waals surface area contributed by atoms with E-state index in [0.29, 0.717) is 0 Å². The Balaban J connectivity index is 2.88. The van der Waals surface area contributed by atoms with Crippen molar-refractivity contribution in [2.75, 3.05) is 0 Å². The van der Waals surface area contributed by atoms with Gasteiger partial charge in [-0.05, 0) is 18.2 Å². The van der Waals surface area contributed by atoms with Crippen molar-refractivity contribution in [3.63, 3.8) is 0 Å². The van der Waals surface area contributed by atoms with Crippen molar-refractivity contribution in [1.82, 2.24) is 0 Å².